The molecule has 0 amide bonds. The van der Waals surface area contributed by atoms with Crippen LogP contribution in [-0.2, 0) is 10.0 Å². The van der Waals surface area contributed by atoms with Gasteiger partial charge in [-0.05, 0) is 25.5 Å². The van der Waals surface area contributed by atoms with E-state index in [0.717, 1.165) is 5.56 Å². The Hall–Kier alpha value is -0.950. The van der Waals surface area contributed by atoms with E-state index in [9.17, 15) is 18.6 Å². The van der Waals surface area contributed by atoms with E-state index < -0.39 is 22.2 Å². The molecule has 1 fully saturated rings. The molecule has 1 aromatic carbocycles. The Kier molecular flexibility index (Phi) is 3.72. The van der Waals surface area contributed by atoms with Gasteiger partial charge in [0.15, 0.2) is 0 Å². The third-order valence-electron chi connectivity index (χ3n) is 3.18. The lowest BCUT2D eigenvalue weighted by molar-refractivity contribution is 0.184. The molecule has 1 aliphatic heterocycles. The maximum Gasteiger partial charge on any atom is 0.243 e. The molecule has 0 aliphatic carbocycles. The first-order valence-electron chi connectivity index (χ1n) is 5.82. The molecule has 0 radical (unpaired) electrons. The molecule has 1 saturated heterocycles. The lowest BCUT2D eigenvalue weighted by Gasteiger charge is -2.22. The molecule has 18 heavy (non-hydrogen) atoms. The van der Waals surface area contributed by atoms with Gasteiger partial charge in [0.05, 0.1) is 23.6 Å². The van der Waals surface area contributed by atoms with Gasteiger partial charge in [-0.25, -0.2) is 8.42 Å². The summed E-state index contributed by atoms with van der Waals surface area (Å²) in [7, 11) is -3.64. The molecule has 0 bridgehead atoms. The summed E-state index contributed by atoms with van der Waals surface area (Å²) in [6, 6.07) is 6.01. The van der Waals surface area contributed by atoms with E-state index in [1.54, 1.807) is 24.3 Å². The molecule has 1 unspecified atom stereocenters. The van der Waals surface area contributed by atoms with Crippen LogP contribution >= 0.6 is 0 Å². The van der Waals surface area contributed by atoms with E-state index in [2.05, 4.69) is 0 Å². The summed E-state index contributed by atoms with van der Waals surface area (Å²) < 4.78 is 25.9. The van der Waals surface area contributed by atoms with E-state index in [0.29, 0.717) is 0 Å². The van der Waals surface area contributed by atoms with Crippen LogP contribution in [0, 0.1) is 6.92 Å². The lowest BCUT2D eigenvalue weighted by Crippen LogP contribution is -2.37. The summed E-state index contributed by atoms with van der Waals surface area (Å²) in [4.78, 5) is 0.195. The second kappa shape index (κ2) is 4.97. The van der Waals surface area contributed by atoms with E-state index in [-0.39, 0.29) is 24.5 Å². The van der Waals surface area contributed by atoms with Crippen LogP contribution in [0.5, 0.6) is 0 Å². The van der Waals surface area contributed by atoms with Gasteiger partial charge in [-0.2, -0.15) is 4.31 Å². The minimum Gasteiger partial charge on any atom is -0.395 e. The predicted molar refractivity (Wildman–Crippen MR) is 66.6 cm³/mol. The lowest BCUT2D eigenvalue weighted by atomic mass is 10.2. The highest BCUT2D eigenvalue weighted by Crippen LogP contribution is 2.26. The number of benzene rings is 1. The van der Waals surface area contributed by atoms with E-state index in [4.69, 9.17) is 0 Å². The number of aryl methyl sites for hydroxylation is 1. The van der Waals surface area contributed by atoms with Crippen LogP contribution in [0.3, 0.4) is 0 Å². The minimum atomic E-state index is -3.64. The first-order valence-corrected chi connectivity index (χ1v) is 7.26. The molecular formula is C12H17NO4S. The third-order valence-corrected chi connectivity index (χ3v) is 5.11. The summed E-state index contributed by atoms with van der Waals surface area (Å²) in [6.07, 6.45) is -0.427. The zero-order valence-electron chi connectivity index (χ0n) is 10.2. The minimum absolute atomic E-state index is 0.0431. The highest BCUT2D eigenvalue weighted by Gasteiger charge is 2.39. The van der Waals surface area contributed by atoms with Gasteiger partial charge in [0, 0.05) is 6.54 Å². The van der Waals surface area contributed by atoms with Crippen molar-refractivity contribution < 1.29 is 18.6 Å². The fourth-order valence-electron chi connectivity index (χ4n) is 2.17. The Morgan fingerprint density at radius 3 is 2.50 bits per heavy atom. The first-order chi connectivity index (χ1) is 8.45. The fourth-order valence-corrected chi connectivity index (χ4v) is 3.83. The topological polar surface area (TPSA) is 77.8 Å². The number of rotatable bonds is 3. The third kappa shape index (κ3) is 2.42. The number of sulfonamides is 1. The zero-order chi connectivity index (χ0) is 13.3. The molecule has 0 spiro atoms. The van der Waals surface area contributed by atoms with Crippen molar-refractivity contribution in [3.05, 3.63) is 29.8 Å². The van der Waals surface area contributed by atoms with Crippen LogP contribution < -0.4 is 0 Å². The molecule has 2 N–H and O–H groups in total. The molecule has 0 aromatic heterocycles. The molecule has 5 nitrogen and oxygen atoms in total. The maximum atomic E-state index is 12.4. The Morgan fingerprint density at radius 2 is 1.94 bits per heavy atom. The fraction of sp³-hybridized carbons (Fsp3) is 0.500. The number of nitrogens with zero attached hydrogens (tertiary/aromatic N) is 1. The van der Waals surface area contributed by atoms with Gasteiger partial charge >= 0.3 is 0 Å². The summed E-state index contributed by atoms with van der Waals surface area (Å²) >= 11 is 0. The molecular weight excluding hydrogens is 254 g/mol. The first kappa shape index (κ1) is 13.5. The SMILES string of the molecule is Cc1ccc(S(=O)(=O)N2C[C@@H](O)CC2CO)cc1. The summed E-state index contributed by atoms with van der Waals surface area (Å²) in [6.45, 7) is 1.65. The molecule has 1 aliphatic rings. The number of aliphatic hydroxyl groups is 2. The smallest absolute Gasteiger partial charge is 0.243 e. The van der Waals surface area contributed by atoms with Crippen molar-refractivity contribution in [2.24, 2.45) is 0 Å². The van der Waals surface area contributed by atoms with Gasteiger partial charge in [0.2, 0.25) is 10.0 Å². The van der Waals surface area contributed by atoms with Gasteiger partial charge in [0.25, 0.3) is 0 Å². The monoisotopic (exact) mass is 271 g/mol. The van der Waals surface area contributed by atoms with Crippen molar-refractivity contribution >= 4 is 10.0 Å². The number of hydrogen-bond acceptors (Lipinski definition) is 4. The van der Waals surface area contributed by atoms with Gasteiger partial charge in [-0.1, -0.05) is 17.7 Å². The molecule has 2 atom stereocenters. The predicted octanol–water partition coefficient (Wildman–Crippen LogP) is 0.111. The number of aliphatic hydroxyl groups excluding tert-OH is 2. The van der Waals surface area contributed by atoms with Crippen LogP contribution in [0.15, 0.2) is 29.2 Å². The summed E-state index contributed by atoms with van der Waals surface area (Å²) in [5.41, 5.74) is 0.981. The second-order valence-electron chi connectivity index (χ2n) is 4.61. The van der Waals surface area contributed by atoms with E-state index in [1.165, 1.54) is 4.31 Å². The maximum absolute atomic E-state index is 12.4. The summed E-state index contributed by atoms with van der Waals surface area (Å²) in [5.74, 6) is 0. The Morgan fingerprint density at radius 1 is 1.33 bits per heavy atom. The van der Waals surface area contributed by atoms with Crippen LogP contribution in [0.25, 0.3) is 0 Å². The Balaban J connectivity index is 2.33. The molecule has 1 aromatic rings. The summed E-state index contributed by atoms with van der Waals surface area (Å²) in [5, 5.41) is 18.7. The van der Waals surface area contributed by atoms with Crippen LogP contribution in [-0.4, -0.2) is 48.2 Å². The van der Waals surface area contributed by atoms with E-state index in [1.807, 2.05) is 6.92 Å². The standard InChI is InChI=1S/C12H17NO4S/c1-9-2-4-12(5-3-9)18(16,17)13-7-11(15)6-10(13)8-14/h2-5,10-11,14-15H,6-8H2,1H3/t10?,11-/m0/s1. The Labute approximate surface area is 107 Å². The van der Waals surface area contributed by atoms with Crippen LogP contribution in [0.4, 0.5) is 0 Å². The number of β-amino-alcohol motifs (C(OH)–C–C–N with tert-alkyl or cyclic N) is 1. The van der Waals surface area contributed by atoms with Crippen molar-refractivity contribution in [2.45, 2.75) is 30.4 Å². The van der Waals surface area contributed by atoms with Crippen molar-refractivity contribution in [3.63, 3.8) is 0 Å². The van der Waals surface area contributed by atoms with Gasteiger partial charge in [0.1, 0.15) is 0 Å². The molecule has 0 saturated carbocycles. The van der Waals surface area contributed by atoms with Crippen LogP contribution in [0.1, 0.15) is 12.0 Å². The highest BCUT2D eigenvalue weighted by molar-refractivity contribution is 7.89. The van der Waals surface area contributed by atoms with Crippen LogP contribution in [0.2, 0.25) is 0 Å². The average molecular weight is 271 g/mol. The van der Waals surface area contributed by atoms with Gasteiger partial charge in [-0.15, -0.1) is 0 Å². The molecule has 2 rings (SSSR count). The quantitative estimate of drug-likeness (QED) is 0.818. The Bertz CT molecular complexity index is 511. The highest BCUT2D eigenvalue weighted by atomic mass is 32.2. The molecule has 6 heteroatoms. The number of hydrogen-bond donors (Lipinski definition) is 2. The van der Waals surface area contributed by atoms with Gasteiger partial charge in [-0.3, -0.25) is 0 Å². The van der Waals surface area contributed by atoms with Crippen molar-refractivity contribution in [3.8, 4) is 0 Å². The van der Waals surface area contributed by atoms with Crippen molar-refractivity contribution in [1.29, 1.82) is 0 Å². The normalized spacial score (nSPS) is 25.5. The van der Waals surface area contributed by atoms with E-state index >= 15 is 0 Å². The van der Waals surface area contributed by atoms with Crippen molar-refractivity contribution in [2.75, 3.05) is 13.2 Å². The largest absolute Gasteiger partial charge is 0.395 e. The molecule has 1 heterocycles. The second-order valence-corrected chi connectivity index (χ2v) is 6.50. The zero-order valence-corrected chi connectivity index (χ0v) is 11.0. The van der Waals surface area contributed by atoms with Crippen molar-refractivity contribution in [1.82, 2.24) is 4.31 Å². The van der Waals surface area contributed by atoms with Gasteiger partial charge < -0.3 is 10.2 Å². The molecule has 100 valence electrons. The average Bonchev–Trinajstić information content (AvgIpc) is 2.72.